The van der Waals surface area contributed by atoms with Crippen molar-refractivity contribution in [2.45, 2.75) is 39.2 Å². The third-order valence-electron chi connectivity index (χ3n) is 5.77. The van der Waals surface area contributed by atoms with Gasteiger partial charge < -0.3 is 14.4 Å². The van der Waals surface area contributed by atoms with E-state index < -0.39 is 0 Å². The fraction of sp³-hybridized carbons (Fsp3) is 0.650. The Morgan fingerprint density at radius 1 is 1.07 bits per heavy atom. The molecule has 0 bridgehead atoms. The molecule has 0 radical (unpaired) electrons. The van der Waals surface area contributed by atoms with Gasteiger partial charge in [0.2, 0.25) is 5.91 Å². The molecule has 0 N–H and O–H groups in total. The van der Waals surface area contributed by atoms with Crippen molar-refractivity contribution < 1.29 is 14.4 Å². The number of hydrogen-bond acceptors (Lipinski definition) is 4. The second-order valence-corrected chi connectivity index (χ2v) is 7.78. The molecule has 2 aliphatic rings. The average Bonchev–Trinajstić information content (AvgIpc) is 3.04. The first-order chi connectivity index (χ1) is 12.9. The molecule has 148 valence electrons. The number of rotatable bonds is 4. The van der Waals surface area contributed by atoms with Gasteiger partial charge in [-0.1, -0.05) is 0 Å². The molecule has 1 aromatic rings. The first kappa shape index (κ1) is 19.6. The summed E-state index contributed by atoms with van der Waals surface area (Å²) in [4.78, 5) is 42.9. The van der Waals surface area contributed by atoms with Crippen LogP contribution in [0, 0.1) is 0 Å². The van der Waals surface area contributed by atoms with Crippen molar-refractivity contribution >= 4 is 17.6 Å². The zero-order valence-corrected chi connectivity index (χ0v) is 16.6. The molecule has 3 rings (SSSR count). The van der Waals surface area contributed by atoms with Crippen LogP contribution in [0.15, 0.2) is 12.3 Å². The van der Waals surface area contributed by atoms with Gasteiger partial charge in [-0.3, -0.25) is 19.3 Å². The minimum absolute atomic E-state index is 0.0417. The van der Waals surface area contributed by atoms with Crippen LogP contribution in [0.25, 0.3) is 0 Å². The average molecular weight is 374 g/mol. The van der Waals surface area contributed by atoms with E-state index in [1.54, 1.807) is 23.9 Å². The maximum atomic E-state index is 12.8. The molecule has 27 heavy (non-hydrogen) atoms. The number of ketones is 1. The van der Waals surface area contributed by atoms with E-state index in [1.807, 2.05) is 9.80 Å². The van der Waals surface area contributed by atoms with Crippen LogP contribution in [-0.4, -0.2) is 82.2 Å². The molecule has 0 aliphatic carbocycles. The van der Waals surface area contributed by atoms with Crippen LogP contribution in [0.5, 0.6) is 0 Å². The van der Waals surface area contributed by atoms with Crippen LogP contribution in [0.2, 0.25) is 0 Å². The van der Waals surface area contributed by atoms with Crippen LogP contribution in [0.1, 0.15) is 54.0 Å². The van der Waals surface area contributed by atoms with E-state index in [0.717, 1.165) is 19.4 Å². The molecule has 0 aromatic carbocycles. The van der Waals surface area contributed by atoms with Gasteiger partial charge in [-0.2, -0.15) is 0 Å². The van der Waals surface area contributed by atoms with Crippen LogP contribution in [-0.2, 0) is 11.8 Å². The number of carbonyl (C=O) groups excluding carboxylic acids is 3. The topological polar surface area (TPSA) is 65.9 Å². The maximum absolute atomic E-state index is 12.8. The number of amides is 2. The number of piperidine rings is 1. The van der Waals surface area contributed by atoms with Crippen LogP contribution >= 0.6 is 0 Å². The van der Waals surface area contributed by atoms with Crippen molar-refractivity contribution in [1.82, 2.24) is 19.3 Å². The van der Waals surface area contributed by atoms with E-state index in [-0.39, 0.29) is 17.6 Å². The summed E-state index contributed by atoms with van der Waals surface area (Å²) in [6, 6.07) is 2.00. The van der Waals surface area contributed by atoms with Gasteiger partial charge in [-0.25, -0.2) is 0 Å². The summed E-state index contributed by atoms with van der Waals surface area (Å²) < 4.78 is 1.71. The number of aryl methyl sites for hydroxylation is 1. The predicted octanol–water partition coefficient (Wildman–Crippen LogP) is 1.39. The fourth-order valence-electron chi connectivity index (χ4n) is 3.99. The third kappa shape index (κ3) is 4.40. The van der Waals surface area contributed by atoms with Crippen molar-refractivity contribution in [1.29, 1.82) is 0 Å². The summed E-state index contributed by atoms with van der Waals surface area (Å²) in [6.45, 7) is 7.53. The lowest BCUT2D eigenvalue weighted by molar-refractivity contribution is -0.136. The van der Waals surface area contributed by atoms with E-state index in [1.165, 1.54) is 13.3 Å². The molecule has 0 spiro atoms. The van der Waals surface area contributed by atoms with Crippen molar-refractivity contribution in [3.8, 4) is 0 Å². The normalized spacial score (nSPS) is 21.4. The lowest BCUT2D eigenvalue weighted by Gasteiger charge is -2.38. The molecule has 1 aromatic heterocycles. The standard InChI is InChI=1S/C20H30N4O3/c1-15-6-4-5-7-24(15)19(26)14-22-8-10-23(11-9-22)20(27)18-12-17(16(2)25)13-21(18)3/h12-13,15H,4-11,14H2,1-3H3. The first-order valence-corrected chi connectivity index (χ1v) is 9.85. The van der Waals surface area contributed by atoms with Crippen molar-refractivity contribution in [2.75, 3.05) is 39.3 Å². The third-order valence-corrected chi connectivity index (χ3v) is 5.77. The molecular weight excluding hydrogens is 344 g/mol. The Labute approximate surface area is 160 Å². The smallest absolute Gasteiger partial charge is 0.270 e. The molecule has 7 nitrogen and oxygen atoms in total. The number of nitrogens with zero attached hydrogens (tertiary/aromatic N) is 4. The highest BCUT2D eigenvalue weighted by Crippen LogP contribution is 2.17. The summed E-state index contributed by atoms with van der Waals surface area (Å²) in [6.07, 6.45) is 5.09. The molecule has 2 amide bonds. The summed E-state index contributed by atoms with van der Waals surface area (Å²) in [7, 11) is 1.79. The van der Waals surface area contributed by atoms with E-state index in [2.05, 4.69) is 11.8 Å². The predicted molar refractivity (Wildman–Crippen MR) is 103 cm³/mol. The van der Waals surface area contributed by atoms with Gasteiger partial charge >= 0.3 is 0 Å². The highest BCUT2D eigenvalue weighted by atomic mass is 16.2. The number of aromatic nitrogens is 1. The van der Waals surface area contributed by atoms with Gasteiger partial charge in [0.25, 0.3) is 5.91 Å². The number of piperazine rings is 1. The molecule has 0 saturated carbocycles. The van der Waals surface area contributed by atoms with Gasteiger partial charge in [0.1, 0.15) is 5.69 Å². The van der Waals surface area contributed by atoms with Crippen LogP contribution in [0.3, 0.4) is 0 Å². The van der Waals surface area contributed by atoms with Gasteiger partial charge in [-0.15, -0.1) is 0 Å². The number of Topliss-reactive ketones (excluding diaryl/α,β-unsaturated/α-hetero) is 1. The summed E-state index contributed by atoms with van der Waals surface area (Å²) in [5.41, 5.74) is 1.09. The summed E-state index contributed by atoms with van der Waals surface area (Å²) in [5, 5.41) is 0. The Morgan fingerprint density at radius 3 is 2.37 bits per heavy atom. The Hall–Kier alpha value is -2.15. The molecule has 2 aliphatic heterocycles. The number of hydrogen-bond donors (Lipinski definition) is 0. The van der Waals surface area contributed by atoms with Crippen LogP contribution in [0.4, 0.5) is 0 Å². The maximum Gasteiger partial charge on any atom is 0.270 e. The largest absolute Gasteiger partial charge is 0.346 e. The summed E-state index contributed by atoms with van der Waals surface area (Å²) in [5.74, 6) is 0.107. The SMILES string of the molecule is CC(=O)c1cc(C(=O)N2CCN(CC(=O)N3CCCCC3C)CC2)n(C)c1. The lowest BCUT2D eigenvalue weighted by Crippen LogP contribution is -2.53. The quantitative estimate of drug-likeness (QED) is 0.747. The molecule has 2 saturated heterocycles. The zero-order chi connectivity index (χ0) is 19.6. The lowest BCUT2D eigenvalue weighted by atomic mass is 10.0. The number of carbonyl (C=O) groups is 3. The molecule has 1 unspecified atom stereocenters. The van der Waals surface area contributed by atoms with Crippen molar-refractivity contribution in [2.24, 2.45) is 7.05 Å². The Balaban J connectivity index is 1.53. The first-order valence-electron chi connectivity index (χ1n) is 9.85. The minimum Gasteiger partial charge on any atom is -0.346 e. The Morgan fingerprint density at radius 2 is 1.78 bits per heavy atom. The minimum atomic E-state index is -0.0550. The fourth-order valence-corrected chi connectivity index (χ4v) is 3.99. The molecule has 3 heterocycles. The molecule has 2 fully saturated rings. The molecular formula is C20H30N4O3. The van der Waals surface area contributed by atoms with Crippen molar-refractivity contribution in [3.05, 3.63) is 23.5 Å². The highest BCUT2D eigenvalue weighted by Gasteiger charge is 2.28. The summed E-state index contributed by atoms with van der Waals surface area (Å²) >= 11 is 0. The van der Waals surface area contributed by atoms with Gasteiger partial charge in [-0.05, 0) is 39.2 Å². The van der Waals surface area contributed by atoms with Crippen LogP contribution < -0.4 is 0 Å². The second kappa shape index (κ2) is 8.25. The highest BCUT2D eigenvalue weighted by molar-refractivity contribution is 5.99. The van der Waals surface area contributed by atoms with Gasteiger partial charge in [0.15, 0.2) is 5.78 Å². The molecule has 7 heteroatoms. The Kier molecular flexibility index (Phi) is 5.99. The van der Waals surface area contributed by atoms with E-state index in [0.29, 0.717) is 50.0 Å². The zero-order valence-electron chi connectivity index (χ0n) is 16.6. The van der Waals surface area contributed by atoms with E-state index in [4.69, 9.17) is 0 Å². The van der Waals surface area contributed by atoms with Gasteiger partial charge in [0.05, 0.1) is 6.54 Å². The van der Waals surface area contributed by atoms with Gasteiger partial charge in [0, 0.05) is 57.6 Å². The molecule has 1 atom stereocenters. The van der Waals surface area contributed by atoms with E-state index >= 15 is 0 Å². The number of likely N-dealkylation sites (tertiary alicyclic amines) is 1. The van der Waals surface area contributed by atoms with E-state index in [9.17, 15) is 14.4 Å². The van der Waals surface area contributed by atoms with Crippen molar-refractivity contribution in [3.63, 3.8) is 0 Å². The monoisotopic (exact) mass is 374 g/mol. The Bertz CT molecular complexity index is 719. The second-order valence-electron chi connectivity index (χ2n) is 7.78.